The van der Waals surface area contributed by atoms with E-state index in [2.05, 4.69) is 5.10 Å². The molecule has 0 saturated carbocycles. The van der Waals surface area contributed by atoms with Gasteiger partial charge in [0, 0.05) is 18.7 Å². The quantitative estimate of drug-likeness (QED) is 0.734. The minimum atomic E-state index is -1.59. The summed E-state index contributed by atoms with van der Waals surface area (Å²) in [4.78, 5) is 0. The van der Waals surface area contributed by atoms with Crippen molar-refractivity contribution in [3.63, 3.8) is 0 Å². The molecule has 1 N–H and O–H groups in total. The van der Waals surface area contributed by atoms with Gasteiger partial charge in [-0.15, -0.1) is 0 Å². The summed E-state index contributed by atoms with van der Waals surface area (Å²) < 4.78 is 48.9. The van der Waals surface area contributed by atoms with E-state index in [9.17, 15) is 18.3 Å². The van der Waals surface area contributed by atoms with Crippen molar-refractivity contribution >= 4 is 11.6 Å². The van der Waals surface area contributed by atoms with E-state index in [-0.39, 0.29) is 27.7 Å². The molecule has 0 amide bonds. The molecule has 1 unspecified atom stereocenters. The monoisotopic (exact) mass is 382 g/mol. The maximum Gasteiger partial charge on any atom is 0.157 e. The number of rotatable bonds is 4. The van der Waals surface area contributed by atoms with Crippen LogP contribution in [-0.2, 0) is 7.05 Å². The second kappa shape index (κ2) is 7.01. The van der Waals surface area contributed by atoms with Crippen molar-refractivity contribution in [2.45, 2.75) is 6.10 Å². The standard InChI is InChI=1S/C18H14ClF3N2O2/c1-24-16(14-11(20)4-3-5-12(14)21)15(18(19)23-24)17(25)10-7-6-9(26-2)8-13(10)22/h3-8,17,25H,1-2H3. The van der Waals surface area contributed by atoms with E-state index < -0.39 is 29.1 Å². The van der Waals surface area contributed by atoms with Crippen molar-refractivity contribution in [3.05, 3.63) is 70.1 Å². The van der Waals surface area contributed by atoms with Crippen LogP contribution < -0.4 is 4.74 Å². The first-order valence-electron chi connectivity index (χ1n) is 7.53. The van der Waals surface area contributed by atoms with Crippen LogP contribution in [0.5, 0.6) is 5.75 Å². The number of aliphatic hydroxyl groups excluding tert-OH is 1. The number of aromatic nitrogens is 2. The van der Waals surface area contributed by atoms with E-state index in [1.807, 2.05) is 0 Å². The number of aliphatic hydroxyl groups is 1. The van der Waals surface area contributed by atoms with Gasteiger partial charge in [0.1, 0.15) is 29.3 Å². The molecule has 0 radical (unpaired) electrons. The van der Waals surface area contributed by atoms with Crippen LogP contribution in [0.15, 0.2) is 36.4 Å². The molecule has 3 rings (SSSR count). The zero-order valence-electron chi connectivity index (χ0n) is 13.8. The summed E-state index contributed by atoms with van der Waals surface area (Å²) in [6.07, 6.45) is -1.59. The summed E-state index contributed by atoms with van der Waals surface area (Å²) in [5.74, 6) is -2.20. The highest BCUT2D eigenvalue weighted by atomic mass is 35.5. The lowest BCUT2D eigenvalue weighted by Crippen LogP contribution is -2.07. The predicted octanol–water partition coefficient (Wildman–Crippen LogP) is 4.25. The maximum absolute atomic E-state index is 14.3. The minimum absolute atomic E-state index is 0.0756. The molecule has 0 aliphatic rings. The van der Waals surface area contributed by atoms with Crippen LogP contribution in [-0.4, -0.2) is 22.0 Å². The van der Waals surface area contributed by atoms with Crippen molar-refractivity contribution in [1.29, 1.82) is 0 Å². The molecule has 26 heavy (non-hydrogen) atoms. The molecule has 0 fully saturated rings. The molecular weight excluding hydrogens is 369 g/mol. The number of hydrogen-bond donors (Lipinski definition) is 1. The second-order valence-electron chi connectivity index (χ2n) is 5.56. The Hall–Kier alpha value is -2.51. The normalized spacial score (nSPS) is 12.3. The Labute approximate surface area is 152 Å². The Balaban J connectivity index is 2.21. The zero-order valence-corrected chi connectivity index (χ0v) is 14.6. The van der Waals surface area contributed by atoms with E-state index in [4.69, 9.17) is 16.3 Å². The van der Waals surface area contributed by atoms with Gasteiger partial charge in [0.05, 0.1) is 23.9 Å². The molecule has 136 valence electrons. The maximum atomic E-state index is 14.3. The molecule has 1 atom stereocenters. The summed E-state index contributed by atoms with van der Waals surface area (Å²) in [7, 11) is 2.80. The molecular formula is C18H14ClF3N2O2. The predicted molar refractivity (Wildman–Crippen MR) is 90.6 cm³/mol. The Kier molecular flexibility index (Phi) is 4.93. The molecule has 0 aliphatic carbocycles. The molecule has 4 nitrogen and oxygen atoms in total. The van der Waals surface area contributed by atoms with Gasteiger partial charge in [0.25, 0.3) is 0 Å². The minimum Gasteiger partial charge on any atom is -0.497 e. The Morgan fingerprint density at radius 1 is 1.12 bits per heavy atom. The largest absolute Gasteiger partial charge is 0.497 e. The van der Waals surface area contributed by atoms with Gasteiger partial charge < -0.3 is 9.84 Å². The van der Waals surface area contributed by atoms with Gasteiger partial charge in [-0.05, 0) is 24.3 Å². The average Bonchev–Trinajstić information content (AvgIpc) is 2.88. The molecule has 0 spiro atoms. The number of ether oxygens (including phenoxy) is 1. The smallest absolute Gasteiger partial charge is 0.157 e. The summed E-state index contributed by atoms with van der Waals surface area (Å²) in [6, 6.07) is 7.21. The summed E-state index contributed by atoms with van der Waals surface area (Å²) in [5, 5.41) is 14.4. The molecule has 0 saturated heterocycles. The summed E-state index contributed by atoms with van der Waals surface area (Å²) in [6.45, 7) is 0. The molecule has 3 aromatic rings. The summed E-state index contributed by atoms with van der Waals surface area (Å²) >= 11 is 6.08. The molecule has 1 heterocycles. The molecule has 1 aromatic heterocycles. The number of hydrogen-bond acceptors (Lipinski definition) is 3. The van der Waals surface area contributed by atoms with Gasteiger partial charge >= 0.3 is 0 Å². The van der Waals surface area contributed by atoms with Gasteiger partial charge in [-0.2, -0.15) is 5.10 Å². The van der Waals surface area contributed by atoms with Gasteiger partial charge in [-0.3, -0.25) is 4.68 Å². The van der Waals surface area contributed by atoms with E-state index in [1.165, 1.54) is 32.4 Å². The van der Waals surface area contributed by atoms with E-state index >= 15 is 0 Å². The number of aryl methyl sites for hydroxylation is 1. The lowest BCUT2D eigenvalue weighted by atomic mass is 9.97. The van der Waals surface area contributed by atoms with Crippen LogP contribution in [0.3, 0.4) is 0 Å². The summed E-state index contributed by atoms with van der Waals surface area (Å²) in [5.41, 5.74) is -0.702. The molecule has 2 aromatic carbocycles. The third kappa shape index (κ3) is 3.04. The zero-order chi connectivity index (χ0) is 19.0. The van der Waals surface area contributed by atoms with Crippen LogP contribution in [0.1, 0.15) is 17.2 Å². The van der Waals surface area contributed by atoms with Crippen LogP contribution in [0, 0.1) is 17.5 Å². The number of benzene rings is 2. The van der Waals surface area contributed by atoms with Crippen molar-refractivity contribution in [3.8, 4) is 17.0 Å². The van der Waals surface area contributed by atoms with Crippen LogP contribution >= 0.6 is 11.6 Å². The highest BCUT2D eigenvalue weighted by Gasteiger charge is 2.29. The van der Waals surface area contributed by atoms with Crippen LogP contribution in [0.4, 0.5) is 13.2 Å². The van der Waals surface area contributed by atoms with Crippen LogP contribution in [0.25, 0.3) is 11.3 Å². The van der Waals surface area contributed by atoms with Crippen molar-refractivity contribution in [2.24, 2.45) is 7.05 Å². The van der Waals surface area contributed by atoms with E-state index in [1.54, 1.807) is 0 Å². The van der Waals surface area contributed by atoms with Gasteiger partial charge in [0.2, 0.25) is 0 Å². The number of nitrogens with zero attached hydrogens (tertiary/aromatic N) is 2. The Bertz CT molecular complexity index is 955. The van der Waals surface area contributed by atoms with Crippen molar-refractivity contribution in [1.82, 2.24) is 9.78 Å². The SMILES string of the molecule is COc1ccc(C(O)c2c(Cl)nn(C)c2-c2c(F)cccc2F)c(F)c1. The van der Waals surface area contributed by atoms with Gasteiger partial charge in [-0.1, -0.05) is 17.7 Å². The molecule has 0 bridgehead atoms. The van der Waals surface area contributed by atoms with Gasteiger partial charge in [-0.25, -0.2) is 13.2 Å². The van der Waals surface area contributed by atoms with Crippen molar-refractivity contribution in [2.75, 3.05) is 7.11 Å². The fraction of sp³-hybridized carbons (Fsp3) is 0.167. The Morgan fingerprint density at radius 3 is 2.35 bits per heavy atom. The average molecular weight is 383 g/mol. The first kappa shape index (κ1) is 18.3. The highest BCUT2D eigenvalue weighted by molar-refractivity contribution is 6.30. The van der Waals surface area contributed by atoms with E-state index in [0.717, 1.165) is 22.9 Å². The third-order valence-corrected chi connectivity index (χ3v) is 4.29. The number of methoxy groups -OCH3 is 1. The number of halogens is 4. The fourth-order valence-corrected chi connectivity index (χ4v) is 3.09. The van der Waals surface area contributed by atoms with Crippen molar-refractivity contribution < 1.29 is 23.0 Å². The lowest BCUT2D eigenvalue weighted by molar-refractivity contribution is 0.215. The lowest BCUT2D eigenvalue weighted by Gasteiger charge is -2.15. The third-order valence-electron chi connectivity index (χ3n) is 4.01. The first-order chi connectivity index (χ1) is 12.3. The topological polar surface area (TPSA) is 47.3 Å². The molecule has 0 aliphatic heterocycles. The first-order valence-corrected chi connectivity index (χ1v) is 7.91. The van der Waals surface area contributed by atoms with E-state index in [0.29, 0.717) is 0 Å². The van der Waals surface area contributed by atoms with Gasteiger partial charge in [0.15, 0.2) is 5.15 Å². The fourth-order valence-electron chi connectivity index (χ4n) is 2.78. The van der Waals surface area contributed by atoms with Crippen LogP contribution in [0.2, 0.25) is 5.15 Å². The molecule has 8 heteroatoms. The Morgan fingerprint density at radius 2 is 1.77 bits per heavy atom. The second-order valence-corrected chi connectivity index (χ2v) is 5.92. The highest BCUT2D eigenvalue weighted by Crippen LogP contribution is 2.39.